The van der Waals surface area contributed by atoms with Crippen LogP contribution in [0.3, 0.4) is 0 Å². The topological polar surface area (TPSA) is 57.6 Å². The first-order valence-corrected chi connectivity index (χ1v) is 6.46. The van der Waals surface area contributed by atoms with Crippen molar-refractivity contribution < 1.29 is 14.7 Å². The summed E-state index contributed by atoms with van der Waals surface area (Å²) >= 11 is 0. The van der Waals surface area contributed by atoms with Crippen molar-refractivity contribution in [2.75, 3.05) is 13.2 Å². The normalized spacial score (nSPS) is 21.1. The molecule has 98 valence electrons. The number of carbonyl (C=O) groups excluding carboxylic acids is 2. The summed E-state index contributed by atoms with van der Waals surface area (Å²) in [5.41, 5.74) is -0.462. The lowest BCUT2D eigenvalue weighted by Gasteiger charge is -2.25. The Morgan fingerprint density at radius 2 is 1.94 bits per heavy atom. The van der Waals surface area contributed by atoms with Crippen LogP contribution in [0.1, 0.15) is 46.5 Å². The van der Waals surface area contributed by atoms with Gasteiger partial charge in [0.1, 0.15) is 0 Å². The molecule has 1 rings (SSSR count). The minimum absolute atomic E-state index is 0.0164. The summed E-state index contributed by atoms with van der Waals surface area (Å²) in [4.78, 5) is 25.6. The van der Waals surface area contributed by atoms with E-state index in [4.69, 9.17) is 5.11 Å². The molecule has 1 unspecified atom stereocenters. The molecular formula is C13H23NO3. The van der Waals surface area contributed by atoms with Gasteiger partial charge >= 0.3 is 0 Å². The molecule has 1 heterocycles. The molecule has 1 atom stereocenters. The second-order valence-corrected chi connectivity index (χ2v) is 5.09. The summed E-state index contributed by atoms with van der Waals surface area (Å²) in [6.07, 6.45) is 2.42. The Labute approximate surface area is 103 Å². The third-order valence-corrected chi connectivity index (χ3v) is 3.96. The van der Waals surface area contributed by atoms with Crippen LogP contribution in [0.25, 0.3) is 0 Å². The molecule has 17 heavy (non-hydrogen) atoms. The molecule has 4 heteroatoms. The predicted octanol–water partition coefficient (Wildman–Crippen LogP) is 1.57. The first kappa shape index (κ1) is 14.2. The van der Waals surface area contributed by atoms with Gasteiger partial charge in [0.2, 0.25) is 11.8 Å². The van der Waals surface area contributed by atoms with Gasteiger partial charge in [0.25, 0.3) is 0 Å². The van der Waals surface area contributed by atoms with E-state index in [1.807, 2.05) is 20.8 Å². The van der Waals surface area contributed by atoms with Gasteiger partial charge in [0.05, 0.1) is 5.41 Å². The summed E-state index contributed by atoms with van der Waals surface area (Å²) in [5.74, 6) is 0.0955. The molecular weight excluding hydrogens is 218 g/mol. The van der Waals surface area contributed by atoms with E-state index in [-0.39, 0.29) is 24.3 Å². The van der Waals surface area contributed by atoms with E-state index < -0.39 is 5.41 Å². The van der Waals surface area contributed by atoms with Crippen LogP contribution < -0.4 is 0 Å². The van der Waals surface area contributed by atoms with Gasteiger partial charge in [-0.05, 0) is 25.2 Å². The average molecular weight is 241 g/mol. The Morgan fingerprint density at radius 3 is 2.35 bits per heavy atom. The van der Waals surface area contributed by atoms with E-state index in [1.165, 1.54) is 4.90 Å². The number of likely N-dealkylation sites (tertiary alicyclic amines) is 1. The molecule has 0 radical (unpaired) electrons. The van der Waals surface area contributed by atoms with E-state index in [0.29, 0.717) is 19.4 Å². The first-order chi connectivity index (χ1) is 8.00. The fraction of sp³-hybridized carbons (Fsp3) is 0.846. The van der Waals surface area contributed by atoms with Crippen molar-refractivity contribution >= 4 is 11.8 Å². The number of aliphatic hydroxyl groups is 1. The number of imide groups is 1. The first-order valence-electron chi connectivity index (χ1n) is 6.46. The van der Waals surface area contributed by atoms with E-state index in [0.717, 1.165) is 12.8 Å². The highest BCUT2D eigenvalue weighted by molar-refractivity contribution is 6.05. The predicted molar refractivity (Wildman–Crippen MR) is 65.2 cm³/mol. The number of amides is 2. The van der Waals surface area contributed by atoms with Crippen LogP contribution in [0.15, 0.2) is 0 Å². The number of nitrogens with zero attached hydrogens (tertiary/aromatic N) is 1. The lowest BCUT2D eigenvalue weighted by Crippen LogP contribution is -2.38. The van der Waals surface area contributed by atoms with Crippen LogP contribution >= 0.6 is 0 Å². The maximum absolute atomic E-state index is 12.3. The summed E-state index contributed by atoms with van der Waals surface area (Å²) in [6, 6.07) is 0. The average Bonchev–Trinajstić information content (AvgIpc) is 2.54. The van der Waals surface area contributed by atoms with Crippen LogP contribution in [0.2, 0.25) is 0 Å². The van der Waals surface area contributed by atoms with Gasteiger partial charge < -0.3 is 5.11 Å². The summed E-state index contributed by atoms with van der Waals surface area (Å²) in [6.45, 7) is 6.43. The van der Waals surface area contributed by atoms with Crippen LogP contribution in [0.5, 0.6) is 0 Å². The van der Waals surface area contributed by atoms with E-state index in [1.54, 1.807) is 0 Å². The number of hydrogen-bond donors (Lipinski definition) is 1. The number of carbonyl (C=O) groups is 2. The van der Waals surface area contributed by atoms with Gasteiger partial charge in [-0.1, -0.05) is 20.8 Å². The molecule has 4 nitrogen and oxygen atoms in total. The fourth-order valence-electron chi connectivity index (χ4n) is 2.47. The van der Waals surface area contributed by atoms with Gasteiger partial charge in [-0.2, -0.15) is 0 Å². The smallest absolute Gasteiger partial charge is 0.235 e. The van der Waals surface area contributed by atoms with Gasteiger partial charge in [-0.3, -0.25) is 14.5 Å². The molecule has 0 aliphatic carbocycles. The van der Waals surface area contributed by atoms with Crippen molar-refractivity contribution in [2.45, 2.75) is 46.5 Å². The lowest BCUT2D eigenvalue weighted by molar-refractivity contribution is -0.142. The third-order valence-electron chi connectivity index (χ3n) is 3.96. The zero-order valence-corrected chi connectivity index (χ0v) is 11.0. The van der Waals surface area contributed by atoms with Crippen molar-refractivity contribution in [1.29, 1.82) is 0 Å². The second kappa shape index (κ2) is 5.63. The number of rotatable bonds is 6. The highest BCUT2D eigenvalue weighted by Crippen LogP contribution is 2.39. The van der Waals surface area contributed by atoms with E-state index in [9.17, 15) is 9.59 Å². The SMILES string of the molecule is CCC1(CC)CC(=O)N(CC(C)CCO)C1=O. The minimum atomic E-state index is -0.462. The Hall–Kier alpha value is -0.900. The maximum Gasteiger partial charge on any atom is 0.235 e. The zero-order chi connectivity index (χ0) is 13.1. The summed E-state index contributed by atoms with van der Waals surface area (Å²) in [5, 5.41) is 8.85. The summed E-state index contributed by atoms with van der Waals surface area (Å²) in [7, 11) is 0. The van der Waals surface area contributed by atoms with Gasteiger partial charge in [-0.25, -0.2) is 0 Å². The Kier molecular flexibility index (Phi) is 4.69. The Balaban J connectivity index is 2.75. The molecule has 1 fully saturated rings. The number of aliphatic hydroxyl groups excluding tert-OH is 1. The van der Waals surface area contributed by atoms with Crippen molar-refractivity contribution in [1.82, 2.24) is 4.90 Å². The molecule has 1 aliphatic rings. The van der Waals surface area contributed by atoms with Gasteiger partial charge in [-0.15, -0.1) is 0 Å². The Bertz CT molecular complexity index is 297. The van der Waals surface area contributed by atoms with Crippen LogP contribution in [0.4, 0.5) is 0 Å². The molecule has 0 aromatic carbocycles. The molecule has 1 N–H and O–H groups in total. The van der Waals surface area contributed by atoms with Crippen LogP contribution in [-0.2, 0) is 9.59 Å². The minimum Gasteiger partial charge on any atom is -0.396 e. The van der Waals surface area contributed by atoms with Gasteiger partial charge in [0.15, 0.2) is 0 Å². The maximum atomic E-state index is 12.3. The third kappa shape index (κ3) is 2.68. The highest BCUT2D eigenvalue weighted by Gasteiger charge is 2.48. The van der Waals surface area contributed by atoms with Crippen LogP contribution in [0, 0.1) is 11.3 Å². The zero-order valence-electron chi connectivity index (χ0n) is 11.0. The monoisotopic (exact) mass is 241 g/mol. The summed E-state index contributed by atoms with van der Waals surface area (Å²) < 4.78 is 0. The Morgan fingerprint density at radius 1 is 1.35 bits per heavy atom. The van der Waals surface area contributed by atoms with Crippen molar-refractivity contribution in [2.24, 2.45) is 11.3 Å². The molecule has 2 amide bonds. The molecule has 0 saturated carbocycles. The largest absolute Gasteiger partial charge is 0.396 e. The molecule has 0 aromatic heterocycles. The molecule has 0 spiro atoms. The standard InChI is InChI=1S/C13H23NO3/c1-4-13(5-2)8-11(16)14(12(13)17)9-10(3)6-7-15/h10,15H,4-9H2,1-3H3. The fourth-order valence-corrected chi connectivity index (χ4v) is 2.47. The van der Waals surface area contributed by atoms with Crippen molar-refractivity contribution in [3.05, 3.63) is 0 Å². The molecule has 0 bridgehead atoms. The van der Waals surface area contributed by atoms with E-state index in [2.05, 4.69) is 0 Å². The molecule has 1 aliphatic heterocycles. The van der Waals surface area contributed by atoms with Crippen LogP contribution in [-0.4, -0.2) is 35.0 Å². The molecule has 1 saturated heterocycles. The second-order valence-electron chi connectivity index (χ2n) is 5.09. The highest BCUT2D eigenvalue weighted by atomic mass is 16.3. The quantitative estimate of drug-likeness (QED) is 0.718. The number of hydrogen-bond acceptors (Lipinski definition) is 3. The lowest BCUT2D eigenvalue weighted by atomic mass is 9.81. The van der Waals surface area contributed by atoms with E-state index >= 15 is 0 Å². The van der Waals surface area contributed by atoms with Gasteiger partial charge in [0, 0.05) is 19.6 Å². The van der Waals surface area contributed by atoms with Crippen molar-refractivity contribution in [3.63, 3.8) is 0 Å². The molecule has 0 aromatic rings. The van der Waals surface area contributed by atoms with Crippen molar-refractivity contribution in [3.8, 4) is 0 Å².